The van der Waals surface area contributed by atoms with Crippen molar-refractivity contribution in [2.24, 2.45) is 5.92 Å². The molecule has 2 rings (SSSR count). The van der Waals surface area contributed by atoms with Crippen LogP contribution in [0.1, 0.15) is 42.4 Å². The Morgan fingerprint density at radius 1 is 1.32 bits per heavy atom. The minimum Gasteiger partial charge on any atom is -0.469 e. The maximum Gasteiger partial charge on any atom is 0.310 e. The van der Waals surface area contributed by atoms with E-state index in [9.17, 15) is 4.79 Å². The fraction of sp³-hybridized carbons (Fsp3) is 0.667. The minimum atomic E-state index is -0.164. The van der Waals surface area contributed by atoms with Gasteiger partial charge in [-0.05, 0) is 43.7 Å². The summed E-state index contributed by atoms with van der Waals surface area (Å²) < 4.78 is 4.68. The van der Waals surface area contributed by atoms with E-state index in [-0.39, 0.29) is 5.97 Å². The van der Waals surface area contributed by atoms with E-state index in [1.54, 1.807) is 11.3 Å². The summed E-state index contributed by atoms with van der Waals surface area (Å²) in [6.07, 6.45) is 5.66. The molecule has 0 unspecified atom stereocenters. The van der Waals surface area contributed by atoms with Crippen LogP contribution in [0.4, 0.5) is 0 Å². The highest BCUT2D eigenvalue weighted by Crippen LogP contribution is 2.24. The maximum atomic E-state index is 11.2. The van der Waals surface area contributed by atoms with Crippen molar-refractivity contribution in [2.75, 3.05) is 7.11 Å². The number of methoxy groups -OCH3 is 1. The second-order valence-corrected chi connectivity index (χ2v) is 6.71. The molecular formula is C15H23NO2S. The van der Waals surface area contributed by atoms with Crippen LogP contribution in [-0.4, -0.2) is 19.1 Å². The van der Waals surface area contributed by atoms with Crippen LogP contribution in [0.25, 0.3) is 0 Å². The van der Waals surface area contributed by atoms with Crippen LogP contribution in [0.5, 0.6) is 0 Å². The molecule has 0 atom stereocenters. The molecule has 106 valence electrons. The van der Waals surface area contributed by atoms with Gasteiger partial charge in [0, 0.05) is 22.3 Å². The number of thiophene rings is 1. The van der Waals surface area contributed by atoms with E-state index >= 15 is 0 Å². The normalized spacial score (nSPS) is 23.3. The van der Waals surface area contributed by atoms with Crippen LogP contribution in [0, 0.1) is 5.92 Å². The van der Waals surface area contributed by atoms with E-state index in [2.05, 4.69) is 23.0 Å². The first-order valence-corrected chi connectivity index (χ1v) is 7.87. The molecule has 1 N–H and O–H groups in total. The van der Waals surface area contributed by atoms with Crippen LogP contribution < -0.4 is 5.32 Å². The van der Waals surface area contributed by atoms with Crippen molar-refractivity contribution < 1.29 is 9.53 Å². The Morgan fingerprint density at radius 3 is 2.68 bits per heavy atom. The highest BCUT2D eigenvalue weighted by atomic mass is 32.1. The first-order valence-electron chi connectivity index (χ1n) is 7.05. The predicted octanol–water partition coefficient (Wildman–Crippen LogP) is 3.13. The third-order valence-electron chi connectivity index (χ3n) is 3.84. The Balaban J connectivity index is 1.75. The van der Waals surface area contributed by atoms with E-state index in [0.29, 0.717) is 12.5 Å². The first kappa shape index (κ1) is 14.5. The summed E-state index contributed by atoms with van der Waals surface area (Å²) in [5.41, 5.74) is 0. The number of rotatable bonds is 5. The summed E-state index contributed by atoms with van der Waals surface area (Å²) in [7, 11) is 1.43. The van der Waals surface area contributed by atoms with Crippen molar-refractivity contribution >= 4 is 17.3 Å². The lowest BCUT2D eigenvalue weighted by Gasteiger charge is -2.26. The highest BCUT2D eigenvalue weighted by Gasteiger charge is 2.17. The average Bonchev–Trinajstić information content (AvgIpc) is 2.85. The summed E-state index contributed by atoms with van der Waals surface area (Å²) >= 11 is 1.70. The van der Waals surface area contributed by atoms with Crippen molar-refractivity contribution in [1.82, 2.24) is 5.32 Å². The lowest BCUT2D eigenvalue weighted by Crippen LogP contribution is -2.31. The summed E-state index contributed by atoms with van der Waals surface area (Å²) in [6.45, 7) is 3.26. The molecule has 0 saturated heterocycles. The Bertz CT molecular complexity index is 408. The van der Waals surface area contributed by atoms with E-state index < -0.39 is 0 Å². The molecule has 1 aliphatic carbocycles. The molecule has 1 aromatic rings. The van der Waals surface area contributed by atoms with Gasteiger partial charge in [-0.2, -0.15) is 0 Å². The Hall–Kier alpha value is -0.870. The molecular weight excluding hydrogens is 258 g/mol. The minimum absolute atomic E-state index is 0.164. The number of hydrogen-bond donors (Lipinski definition) is 1. The predicted molar refractivity (Wildman–Crippen MR) is 78.3 cm³/mol. The van der Waals surface area contributed by atoms with E-state index in [0.717, 1.165) is 17.3 Å². The summed E-state index contributed by atoms with van der Waals surface area (Å²) in [6, 6.07) is 4.81. The molecule has 1 aliphatic rings. The average molecular weight is 281 g/mol. The third-order valence-corrected chi connectivity index (χ3v) is 4.93. The van der Waals surface area contributed by atoms with Gasteiger partial charge in [0.25, 0.3) is 0 Å². The largest absolute Gasteiger partial charge is 0.469 e. The topological polar surface area (TPSA) is 38.3 Å². The van der Waals surface area contributed by atoms with Crippen LogP contribution >= 0.6 is 11.3 Å². The third kappa shape index (κ3) is 4.62. The zero-order chi connectivity index (χ0) is 13.7. The van der Waals surface area contributed by atoms with Gasteiger partial charge in [0.1, 0.15) is 0 Å². The van der Waals surface area contributed by atoms with Gasteiger partial charge >= 0.3 is 5.97 Å². The first-order chi connectivity index (χ1) is 9.17. The molecule has 1 fully saturated rings. The molecule has 1 saturated carbocycles. The number of esters is 1. The van der Waals surface area contributed by atoms with Gasteiger partial charge in [-0.15, -0.1) is 11.3 Å². The van der Waals surface area contributed by atoms with E-state index in [1.165, 1.54) is 37.7 Å². The monoisotopic (exact) mass is 281 g/mol. The van der Waals surface area contributed by atoms with Gasteiger partial charge in [0.05, 0.1) is 13.5 Å². The van der Waals surface area contributed by atoms with Crippen molar-refractivity contribution in [3.8, 4) is 0 Å². The zero-order valence-corrected chi connectivity index (χ0v) is 12.6. The Kier molecular flexibility index (Phi) is 5.40. The second kappa shape index (κ2) is 7.06. The van der Waals surface area contributed by atoms with Crippen LogP contribution in [-0.2, 0) is 22.5 Å². The van der Waals surface area contributed by atoms with E-state index in [1.807, 2.05) is 6.07 Å². The molecule has 0 spiro atoms. The fourth-order valence-corrected chi connectivity index (χ4v) is 3.49. The van der Waals surface area contributed by atoms with Crippen LogP contribution in [0.15, 0.2) is 12.1 Å². The summed E-state index contributed by atoms with van der Waals surface area (Å²) in [5, 5.41) is 3.63. The standard InChI is InChI=1S/C15H23NO2S/c1-11-3-5-12(6-4-11)16-10-14-8-7-13(19-14)9-15(17)18-2/h7-8,11-12,16H,3-6,9-10H2,1-2H3. The summed E-state index contributed by atoms with van der Waals surface area (Å²) in [5.74, 6) is 0.731. The molecule has 0 amide bonds. The number of carbonyl (C=O) groups is 1. The molecule has 1 aromatic heterocycles. The highest BCUT2D eigenvalue weighted by molar-refractivity contribution is 7.12. The molecule has 3 nitrogen and oxygen atoms in total. The van der Waals surface area contributed by atoms with Crippen LogP contribution in [0.2, 0.25) is 0 Å². The number of ether oxygens (including phenoxy) is 1. The van der Waals surface area contributed by atoms with E-state index in [4.69, 9.17) is 0 Å². The van der Waals surface area contributed by atoms with Crippen molar-refractivity contribution in [3.63, 3.8) is 0 Å². The molecule has 0 radical (unpaired) electrons. The van der Waals surface area contributed by atoms with Crippen molar-refractivity contribution in [3.05, 3.63) is 21.9 Å². The van der Waals surface area contributed by atoms with Gasteiger partial charge in [0.2, 0.25) is 0 Å². The van der Waals surface area contributed by atoms with Crippen LogP contribution in [0.3, 0.4) is 0 Å². The molecule has 4 heteroatoms. The SMILES string of the molecule is COC(=O)Cc1ccc(CNC2CCC(C)CC2)s1. The number of carbonyl (C=O) groups excluding carboxylic acids is 1. The van der Waals surface area contributed by atoms with Crippen molar-refractivity contribution in [2.45, 2.75) is 51.6 Å². The molecule has 1 heterocycles. The molecule has 19 heavy (non-hydrogen) atoms. The molecule has 0 bridgehead atoms. The summed E-state index contributed by atoms with van der Waals surface area (Å²) in [4.78, 5) is 13.6. The van der Waals surface area contributed by atoms with Crippen molar-refractivity contribution in [1.29, 1.82) is 0 Å². The Labute approximate surface area is 119 Å². The quantitative estimate of drug-likeness (QED) is 0.843. The zero-order valence-electron chi connectivity index (χ0n) is 11.8. The Morgan fingerprint density at radius 2 is 2.00 bits per heavy atom. The number of nitrogens with one attached hydrogen (secondary N) is 1. The maximum absolute atomic E-state index is 11.2. The van der Waals surface area contributed by atoms with Gasteiger partial charge < -0.3 is 10.1 Å². The number of hydrogen-bond acceptors (Lipinski definition) is 4. The van der Waals surface area contributed by atoms with Gasteiger partial charge in [-0.1, -0.05) is 6.92 Å². The van der Waals surface area contributed by atoms with Gasteiger partial charge in [-0.25, -0.2) is 0 Å². The smallest absolute Gasteiger partial charge is 0.310 e. The van der Waals surface area contributed by atoms with Gasteiger partial charge in [-0.3, -0.25) is 4.79 Å². The van der Waals surface area contributed by atoms with Gasteiger partial charge in [0.15, 0.2) is 0 Å². The lowest BCUT2D eigenvalue weighted by molar-refractivity contribution is -0.139. The molecule has 0 aliphatic heterocycles. The molecule has 0 aromatic carbocycles. The lowest BCUT2D eigenvalue weighted by atomic mass is 9.87. The fourth-order valence-electron chi connectivity index (χ4n) is 2.54. The second-order valence-electron chi connectivity index (χ2n) is 5.46.